The van der Waals surface area contributed by atoms with Crippen molar-refractivity contribution >= 4 is 5.97 Å². The van der Waals surface area contributed by atoms with Gasteiger partial charge in [-0.05, 0) is 32.1 Å². The van der Waals surface area contributed by atoms with Crippen molar-refractivity contribution in [1.82, 2.24) is 0 Å². The van der Waals surface area contributed by atoms with Crippen molar-refractivity contribution < 1.29 is 28.5 Å². The summed E-state index contributed by atoms with van der Waals surface area (Å²) in [6, 6.07) is 0. The van der Waals surface area contributed by atoms with E-state index in [2.05, 4.69) is 20.8 Å². The van der Waals surface area contributed by atoms with E-state index in [1.165, 1.54) is 12.8 Å². The van der Waals surface area contributed by atoms with Crippen LogP contribution in [0.2, 0.25) is 0 Å². The SMILES string of the molecule is CCCCCC(C)OC(=O)CCCOCCOCCOCCOCC(C)C. The van der Waals surface area contributed by atoms with Crippen LogP contribution in [-0.4, -0.2) is 64.9 Å². The average molecular weight is 391 g/mol. The van der Waals surface area contributed by atoms with Crippen molar-refractivity contribution in [2.45, 2.75) is 72.3 Å². The Morgan fingerprint density at radius 1 is 0.741 bits per heavy atom. The van der Waals surface area contributed by atoms with Crippen LogP contribution in [-0.2, 0) is 28.5 Å². The quantitative estimate of drug-likeness (QED) is 0.231. The highest BCUT2D eigenvalue weighted by atomic mass is 16.6. The molecule has 6 nitrogen and oxygen atoms in total. The van der Waals surface area contributed by atoms with Crippen LogP contribution in [0.5, 0.6) is 0 Å². The minimum absolute atomic E-state index is 0.0161. The third-order valence-electron chi connectivity index (χ3n) is 3.78. The fourth-order valence-electron chi connectivity index (χ4n) is 2.32. The van der Waals surface area contributed by atoms with Crippen molar-refractivity contribution in [3.05, 3.63) is 0 Å². The summed E-state index contributed by atoms with van der Waals surface area (Å²) < 4.78 is 27.1. The normalized spacial score (nSPS) is 12.5. The van der Waals surface area contributed by atoms with Gasteiger partial charge in [0.2, 0.25) is 0 Å². The summed E-state index contributed by atoms with van der Waals surface area (Å²) in [5.74, 6) is 0.423. The highest BCUT2D eigenvalue weighted by Gasteiger charge is 2.08. The van der Waals surface area contributed by atoms with Crippen molar-refractivity contribution in [2.24, 2.45) is 5.92 Å². The molecule has 0 heterocycles. The van der Waals surface area contributed by atoms with Crippen molar-refractivity contribution in [2.75, 3.05) is 52.9 Å². The molecule has 0 spiro atoms. The van der Waals surface area contributed by atoms with Crippen LogP contribution < -0.4 is 0 Å². The van der Waals surface area contributed by atoms with E-state index in [0.29, 0.717) is 65.0 Å². The van der Waals surface area contributed by atoms with Gasteiger partial charge in [0, 0.05) is 19.6 Å². The van der Waals surface area contributed by atoms with Crippen molar-refractivity contribution in [1.29, 1.82) is 0 Å². The second kappa shape index (κ2) is 20.1. The largest absolute Gasteiger partial charge is 0.463 e. The van der Waals surface area contributed by atoms with Gasteiger partial charge in [-0.2, -0.15) is 0 Å². The van der Waals surface area contributed by atoms with Gasteiger partial charge in [0.25, 0.3) is 0 Å². The Labute approximate surface area is 166 Å². The predicted molar refractivity (Wildman–Crippen MR) is 107 cm³/mol. The average Bonchev–Trinajstić information content (AvgIpc) is 2.62. The Kier molecular flexibility index (Phi) is 19.5. The molecule has 0 aromatic carbocycles. The maximum atomic E-state index is 11.7. The lowest BCUT2D eigenvalue weighted by atomic mass is 10.1. The first-order valence-electron chi connectivity index (χ1n) is 10.6. The Hall–Kier alpha value is -0.690. The summed E-state index contributed by atoms with van der Waals surface area (Å²) in [7, 11) is 0. The van der Waals surface area contributed by atoms with Gasteiger partial charge in [-0.3, -0.25) is 4.79 Å². The zero-order chi connectivity index (χ0) is 20.2. The molecule has 0 saturated heterocycles. The summed E-state index contributed by atoms with van der Waals surface area (Å²) >= 11 is 0. The van der Waals surface area contributed by atoms with E-state index >= 15 is 0 Å². The molecule has 6 heteroatoms. The highest BCUT2D eigenvalue weighted by molar-refractivity contribution is 5.69. The maximum Gasteiger partial charge on any atom is 0.306 e. The van der Waals surface area contributed by atoms with Crippen LogP contribution in [0.1, 0.15) is 66.2 Å². The zero-order valence-electron chi connectivity index (χ0n) is 18.0. The second-order valence-corrected chi connectivity index (χ2v) is 7.21. The van der Waals surface area contributed by atoms with Gasteiger partial charge < -0.3 is 23.7 Å². The first kappa shape index (κ1) is 26.3. The van der Waals surface area contributed by atoms with Gasteiger partial charge in [-0.25, -0.2) is 0 Å². The van der Waals surface area contributed by atoms with Crippen LogP contribution >= 0.6 is 0 Å². The molecule has 0 aliphatic heterocycles. The summed E-state index contributed by atoms with van der Waals surface area (Å²) in [5.41, 5.74) is 0. The molecule has 0 saturated carbocycles. The number of hydrogen-bond acceptors (Lipinski definition) is 6. The maximum absolute atomic E-state index is 11.7. The minimum atomic E-state index is -0.131. The van der Waals surface area contributed by atoms with Crippen molar-refractivity contribution in [3.8, 4) is 0 Å². The lowest BCUT2D eigenvalue weighted by Crippen LogP contribution is -2.15. The topological polar surface area (TPSA) is 63.2 Å². The van der Waals surface area contributed by atoms with Crippen LogP contribution in [0.3, 0.4) is 0 Å². The fraction of sp³-hybridized carbons (Fsp3) is 0.952. The van der Waals surface area contributed by atoms with Gasteiger partial charge in [0.15, 0.2) is 0 Å². The van der Waals surface area contributed by atoms with E-state index in [-0.39, 0.29) is 12.1 Å². The zero-order valence-corrected chi connectivity index (χ0v) is 18.0. The number of rotatable bonds is 20. The minimum Gasteiger partial charge on any atom is -0.463 e. The van der Waals surface area contributed by atoms with Crippen LogP contribution in [0, 0.1) is 5.92 Å². The lowest BCUT2D eigenvalue weighted by Gasteiger charge is -2.13. The van der Waals surface area contributed by atoms with Gasteiger partial charge in [0.1, 0.15) is 0 Å². The lowest BCUT2D eigenvalue weighted by molar-refractivity contribution is -0.149. The molecule has 0 aromatic heterocycles. The number of hydrogen-bond donors (Lipinski definition) is 0. The van der Waals surface area contributed by atoms with Crippen LogP contribution in [0.15, 0.2) is 0 Å². The second-order valence-electron chi connectivity index (χ2n) is 7.21. The van der Waals surface area contributed by atoms with Gasteiger partial charge in [0.05, 0.1) is 45.7 Å². The Bertz CT molecular complexity index is 322. The van der Waals surface area contributed by atoms with E-state index < -0.39 is 0 Å². The van der Waals surface area contributed by atoms with E-state index in [0.717, 1.165) is 19.4 Å². The Balaban J connectivity index is 3.23. The molecule has 0 N–H and O–H groups in total. The number of unbranched alkanes of at least 4 members (excludes halogenated alkanes) is 2. The van der Waals surface area contributed by atoms with Gasteiger partial charge >= 0.3 is 5.97 Å². The molecule has 0 amide bonds. The third-order valence-corrected chi connectivity index (χ3v) is 3.78. The fourth-order valence-corrected chi connectivity index (χ4v) is 2.32. The highest BCUT2D eigenvalue weighted by Crippen LogP contribution is 2.07. The predicted octanol–water partition coefficient (Wildman–Crippen LogP) is 4.00. The van der Waals surface area contributed by atoms with E-state index in [1.807, 2.05) is 6.92 Å². The smallest absolute Gasteiger partial charge is 0.306 e. The Morgan fingerprint density at radius 2 is 1.30 bits per heavy atom. The van der Waals surface area contributed by atoms with Crippen LogP contribution in [0.25, 0.3) is 0 Å². The molecule has 0 aliphatic carbocycles. The number of carbonyl (C=O) groups is 1. The van der Waals surface area contributed by atoms with Crippen molar-refractivity contribution in [3.63, 3.8) is 0 Å². The molecule has 0 bridgehead atoms. The molecule has 0 rings (SSSR count). The van der Waals surface area contributed by atoms with E-state index in [4.69, 9.17) is 23.7 Å². The summed E-state index contributed by atoms with van der Waals surface area (Å²) in [5, 5.41) is 0. The molecule has 0 aromatic rings. The van der Waals surface area contributed by atoms with E-state index in [9.17, 15) is 4.79 Å². The summed E-state index contributed by atoms with van der Waals surface area (Å²) in [4.78, 5) is 11.7. The first-order valence-corrected chi connectivity index (χ1v) is 10.6. The number of carbonyl (C=O) groups excluding carboxylic acids is 1. The van der Waals surface area contributed by atoms with E-state index in [1.54, 1.807) is 0 Å². The molecule has 0 fully saturated rings. The van der Waals surface area contributed by atoms with Gasteiger partial charge in [-0.15, -0.1) is 0 Å². The summed E-state index contributed by atoms with van der Waals surface area (Å²) in [6.45, 7) is 13.1. The standard InChI is InChI=1S/C21H42O6/c1-5-6-7-9-20(4)27-21(22)10-8-11-23-12-13-24-14-15-25-16-17-26-18-19(2)3/h19-20H,5-18H2,1-4H3. The molecule has 1 atom stereocenters. The first-order chi connectivity index (χ1) is 13.1. The molecular formula is C21H42O6. The van der Waals surface area contributed by atoms with Crippen LogP contribution in [0.4, 0.5) is 0 Å². The monoisotopic (exact) mass is 390 g/mol. The molecule has 1 unspecified atom stereocenters. The molecule has 27 heavy (non-hydrogen) atoms. The molecule has 162 valence electrons. The molecule has 0 radical (unpaired) electrons. The number of esters is 1. The number of ether oxygens (including phenoxy) is 5. The summed E-state index contributed by atoms with van der Waals surface area (Å²) in [6.07, 6.45) is 5.54. The van der Waals surface area contributed by atoms with Gasteiger partial charge in [-0.1, -0.05) is 33.6 Å². The molecular weight excluding hydrogens is 348 g/mol. The Morgan fingerprint density at radius 3 is 1.85 bits per heavy atom. The third kappa shape index (κ3) is 21.5. The molecule has 0 aliphatic rings.